The average molecular weight is 363 g/mol. The third kappa shape index (κ3) is 6.46. The second-order valence-corrected chi connectivity index (χ2v) is 7.95. The van der Waals surface area contributed by atoms with Crippen molar-refractivity contribution in [2.24, 2.45) is 0 Å². The highest BCUT2D eigenvalue weighted by Gasteiger charge is 2.37. The number of carbonyl (C=O) groups is 1. The summed E-state index contributed by atoms with van der Waals surface area (Å²) in [6.45, 7) is 17.6. The molecule has 0 unspecified atom stereocenters. The smallest absolute Gasteiger partial charge is 0.437 e. The second-order valence-electron chi connectivity index (χ2n) is 7.95. The summed E-state index contributed by atoms with van der Waals surface area (Å²) in [5.74, 6) is 0. The predicted octanol–water partition coefficient (Wildman–Crippen LogP) is 5.86. The molecule has 146 valence electrons. The number of hydrogen-bond donors (Lipinski definition) is 0. The first-order valence-corrected chi connectivity index (χ1v) is 9.08. The molecule has 0 bridgehead atoms. The van der Waals surface area contributed by atoms with E-state index in [2.05, 4.69) is 6.58 Å². The second kappa shape index (κ2) is 9.19. The van der Waals surface area contributed by atoms with E-state index >= 15 is 0 Å². The lowest BCUT2D eigenvalue weighted by molar-refractivity contribution is -0.464. The zero-order valence-electron chi connectivity index (χ0n) is 17.2. The van der Waals surface area contributed by atoms with E-state index in [1.54, 1.807) is 0 Å². The van der Waals surface area contributed by atoms with E-state index in [0.29, 0.717) is 6.61 Å². The standard InChI is InChI=1S/C21H33NO4/c1-9-10-14-24-19(23)22(26-25-20(4,5)6)21(7,8)18-13-11-12-17(15-18)16(2)3/h11-13,15H,2,9-10,14H2,1,3-8H3. The maximum Gasteiger partial charge on any atom is 0.437 e. The highest BCUT2D eigenvalue weighted by Crippen LogP contribution is 2.31. The number of hydroxylamine groups is 2. The quantitative estimate of drug-likeness (QED) is 0.330. The fourth-order valence-corrected chi connectivity index (χ4v) is 2.15. The Balaban J connectivity index is 3.14. The molecule has 5 nitrogen and oxygen atoms in total. The largest absolute Gasteiger partial charge is 0.448 e. The number of carbonyl (C=O) groups excluding carboxylic acids is 1. The van der Waals surface area contributed by atoms with Crippen LogP contribution in [0.4, 0.5) is 4.79 Å². The Kier molecular flexibility index (Phi) is 7.85. The molecule has 0 fully saturated rings. The van der Waals surface area contributed by atoms with Gasteiger partial charge in [-0.25, -0.2) is 9.68 Å². The van der Waals surface area contributed by atoms with Crippen molar-refractivity contribution in [2.45, 2.75) is 72.4 Å². The van der Waals surface area contributed by atoms with Crippen LogP contribution < -0.4 is 0 Å². The van der Waals surface area contributed by atoms with E-state index in [9.17, 15) is 4.79 Å². The Hall–Kier alpha value is -1.85. The average Bonchev–Trinajstić information content (AvgIpc) is 2.54. The van der Waals surface area contributed by atoms with Crippen molar-refractivity contribution in [3.8, 4) is 0 Å². The van der Waals surface area contributed by atoms with E-state index in [4.69, 9.17) is 14.6 Å². The summed E-state index contributed by atoms with van der Waals surface area (Å²) in [7, 11) is 0. The zero-order valence-corrected chi connectivity index (χ0v) is 17.2. The fraction of sp³-hybridized carbons (Fsp3) is 0.571. The minimum Gasteiger partial charge on any atom is -0.448 e. The van der Waals surface area contributed by atoms with Gasteiger partial charge in [-0.15, -0.1) is 10.1 Å². The third-order valence-corrected chi connectivity index (χ3v) is 3.82. The molecule has 0 spiro atoms. The summed E-state index contributed by atoms with van der Waals surface area (Å²) >= 11 is 0. The van der Waals surface area contributed by atoms with Crippen molar-refractivity contribution in [3.63, 3.8) is 0 Å². The van der Waals surface area contributed by atoms with Gasteiger partial charge in [0.1, 0.15) is 0 Å². The lowest BCUT2D eigenvalue weighted by Crippen LogP contribution is -2.47. The number of unbranched alkanes of at least 4 members (excludes halogenated alkanes) is 1. The minimum absolute atomic E-state index is 0.340. The van der Waals surface area contributed by atoms with Gasteiger partial charge in [-0.1, -0.05) is 43.7 Å². The van der Waals surface area contributed by atoms with E-state index in [1.807, 2.05) is 72.7 Å². The zero-order chi connectivity index (χ0) is 20.0. The summed E-state index contributed by atoms with van der Waals surface area (Å²) in [6.07, 6.45) is 1.16. The summed E-state index contributed by atoms with van der Waals surface area (Å²) in [6, 6.07) is 7.86. The summed E-state index contributed by atoms with van der Waals surface area (Å²) in [5.41, 5.74) is 1.47. The number of hydrogen-bond acceptors (Lipinski definition) is 4. The Morgan fingerprint density at radius 3 is 2.38 bits per heavy atom. The molecule has 1 aromatic rings. The number of benzene rings is 1. The van der Waals surface area contributed by atoms with Crippen LogP contribution in [0.3, 0.4) is 0 Å². The molecule has 1 rings (SSSR count). The highest BCUT2D eigenvalue weighted by molar-refractivity contribution is 5.68. The molecule has 0 N–H and O–H groups in total. The topological polar surface area (TPSA) is 48.0 Å². The summed E-state index contributed by atoms with van der Waals surface area (Å²) in [5, 5.41) is 1.16. The van der Waals surface area contributed by atoms with Crippen LogP contribution in [-0.4, -0.2) is 23.4 Å². The first-order valence-electron chi connectivity index (χ1n) is 9.08. The monoisotopic (exact) mass is 363 g/mol. The molecular weight excluding hydrogens is 330 g/mol. The molecule has 0 saturated carbocycles. The predicted molar refractivity (Wildman–Crippen MR) is 104 cm³/mol. The Morgan fingerprint density at radius 2 is 1.85 bits per heavy atom. The van der Waals surface area contributed by atoms with Gasteiger partial charge in [-0.05, 0) is 65.2 Å². The molecule has 5 heteroatoms. The van der Waals surface area contributed by atoms with E-state index in [1.165, 1.54) is 0 Å². The maximum atomic E-state index is 12.7. The first kappa shape index (κ1) is 22.2. The Labute approximate surface area is 157 Å². The molecule has 0 aromatic heterocycles. The van der Waals surface area contributed by atoms with Crippen LogP contribution in [0.5, 0.6) is 0 Å². The normalized spacial score (nSPS) is 12.0. The van der Waals surface area contributed by atoms with Gasteiger partial charge in [0.15, 0.2) is 0 Å². The van der Waals surface area contributed by atoms with Crippen LogP contribution in [0.1, 0.15) is 72.4 Å². The van der Waals surface area contributed by atoms with Crippen molar-refractivity contribution in [1.29, 1.82) is 0 Å². The fourth-order valence-electron chi connectivity index (χ4n) is 2.15. The SMILES string of the molecule is C=C(C)c1cccc(C(C)(C)N(OOC(C)(C)C)C(=O)OCCCC)c1. The van der Waals surface area contributed by atoms with Crippen molar-refractivity contribution in [2.75, 3.05) is 6.61 Å². The number of amides is 1. The van der Waals surface area contributed by atoms with Gasteiger partial charge >= 0.3 is 6.09 Å². The van der Waals surface area contributed by atoms with Gasteiger partial charge in [0, 0.05) is 0 Å². The lowest BCUT2D eigenvalue weighted by Gasteiger charge is -2.36. The van der Waals surface area contributed by atoms with Gasteiger partial charge in [0.2, 0.25) is 0 Å². The Morgan fingerprint density at radius 1 is 1.19 bits per heavy atom. The van der Waals surface area contributed by atoms with Crippen molar-refractivity contribution in [3.05, 3.63) is 42.0 Å². The molecule has 0 saturated heterocycles. The molecule has 0 atom stereocenters. The number of rotatable bonds is 8. The van der Waals surface area contributed by atoms with E-state index in [-0.39, 0.29) is 0 Å². The first-order chi connectivity index (χ1) is 12.0. The van der Waals surface area contributed by atoms with Crippen molar-refractivity contribution >= 4 is 11.7 Å². The van der Waals surface area contributed by atoms with E-state index in [0.717, 1.165) is 34.6 Å². The number of allylic oxidation sites excluding steroid dienone is 1. The van der Waals surface area contributed by atoms with Gasteiger partial charge in [-0.2, -0.15) is 0 Å². The van der Waals surface area contributed by atoms with Crippen LogP contribution in [0.15, 0.2) is 30.8 Å². The molecule has 26 heavy (non-hydrogen) atoms. The van der Waals surface area contributed by atoms with Gasteiger partial charge in [0.05, 0.1) is 17.7 Å². The molecule has 0 aliphatic carbocycles. The van der Waals surface area contributed by atoms with Gasteiger partial charge in [-0.3, -0.25) is 0 Å². The van der Waals surface area contributed by atoms with Crippen LogP contribution in [0, 0.1) is 0 Å². The molecule has 0 aliphatic heterocycles. The van der Waals surface area contributed by atoms with E-state index < -0.39 is 17.2 Å². The third-order valence-electron chi connectivity index (χ3n) is 3.82. The molecule has 0 aliphatic rings. The highest BCUT2D eigenvalue weighted by atomic mass is 17.3. The van der Waals surface area contributed by atoms with Crippen molar-refractivity contribution < 1.29 is 19.4 Å². The van der Waals surface area contributed by atoms with Crippen LogP contribution in [0.25, 0.3) is 5.57 Å². The van der Waals surface area contributed by atoms with Crippen LogP contribution >= 0.6 is 0 Å². The summed E-state index contributed by atoms with van der Waals surface area (Å²) in [4.78, 5) is 23.5. The minimum atomic E-state index is -0.806. The Bertz CT molecular complexity index is 617. The molecular formula is C21H33NO4. The van der Waals surface area contributed by atoms with Crippen LogP contribution in [-0.2, 0) is 20.2 Å². The molecule has 0 heterocycles. The summed E-state index contributed by atoms with van der Waals surface area (Å²) < 4.78 is 5.36. The molecule has 0 radical (unpaired) electrons. The van der Waals surface area contributed by atoms with Crippen LogP contribution in [0.2, 0.25) is 0 Å². The number of nitrogens with zero attached hydrogens (tertiary/aromatic N) is 1. The van der Waals surface area contributed by atoms with Gasteiger partial charge in [0.25, 0.3) is 0 Å². The lowest BCUT2D eigenvalue weighted by atomic mass is 9.91. The maximum absolute atomic E-state index is 12.7. The number of ether oxygens (including phenoxy) is 1. The molecule has 1 aromatic carbocycles. The van der Waals surface area contributed by atoms with Crippen molar-refractivity contribution in [1.82, 2.24) is 5.06 Å². The molecule has 1 amide bonds. The van der Waals surface area contributed by atoms with Gasteiger partial charge < -0.3 is 4.74 Å².